The molecule has 0 bridgehead atoms. The number of sulfonamides is 1. The van der Waals surface area contributed by atoms with Crippen molar-refractivity contribution in [3.8, 4) is 0 Å². The van der Waals surface area contributed by atoms with Gasteiger partial charge >= 0.3 is 0 Å². The van der Waals surface area contributed by atoms with Crippen LogP contribution in [-0.4, -0.2) is 50.5 Å². The molecule has 7 nitrogen and oxygen atoms in total. The topological polar surface area (TPSA) is 86.8 Å². The van der Waals surface area contributed by atoms with E-state index < -0.39 is 21.9 Å². The van der Waals surface area contributed by atoms with Crippen LogP contribution >= 0.6 is 0 Å². The van der Waals surface area contributed by atoms with Crippen LogP contribution in [0, 0.1) is 18.7 Å². The van der Waals surface area contributed by atoms with Gasteiger partial charge in [-0.15, -0.1) is 0 Å². The van der Waals surface area contributed by atoms with Gasteiger partial charge in [0.1, 0.15) is 11.9 Å². The molecule has 9 heteroatoms. The number of rotatable bonds is 13. The molecule has 2 aromatic carbocycles. The lowest BCUT2D eigenvalue weighted by Crippen LogP contribution is -2.49. The smallest absolute Gasteiger partial charge is 0.242 e. The average Bonchev–Trinajstić information content (AvgIpc) is 2.81. The van der Waals surface area contributed by atoms with Crippen molar-refractivity contribution in [1.82, 2.24) is 10.2 Å². The number of carbonyl (C=O) groups is 2. The quantitative estimate of drug-likeness (QED) is 0.428. The molecule has 0 radical (unpaired) electrons. The normalized spacial score (nSPS) is 12.3. The summed E-state index contributed by atoms with van der Waals surface area (Å²) in [7, 11) is -3.76. The summed E-state index contributed by atoms with van der Waals surface area (Å²) in [5.41, 5.74) is 1.93. The minimum atomic E-state index is -3.76. The van der Waals surface area contributed by atoms with E-state index in [-0.39, 0.29) is 49.4 Å². The minimum absolute atomic E-state index is 0.0142. The van der Waals surface area contributed by atoms with Crippen LogP contribution in [0.5, 0.6) is 0 Å². The Morgan fingerprint density at radius 2 is 1.69 bits per heavy atom. The second kappa shape index (κ2) is 13.4. The van der Waals surface area contributed by atoms with Gasteiger partial charge in [-0.3, -0.25) is 13.9 Å². The summed E-state index contributed by atoms with van der Waals surface area (Å²) >= 11 is 0. The fourth-order valence-electron chi connectivity index (χ4n) is 3.87. The number of halogens is 1. The highest BCUT2D eigenvalue weighted by Gasteiger charge is 2.29. The first-order chi connectivity index (χ1) is 16.9. The number of hydrogen-bond donors (Lipinski definition) is 1. The fourth-order valence-corrected chi connectivity index (χ4v) is 4.83. The third-order valence-corrected chi connectivity index (χ3v) is 7.00. The third-order valence-electron chi connectivity index (χ3n) is 5.82. The summed E-state index contributed by atoms with van der Waals surface area (Å²) in [6, 6.07) is 12.8. The van der Waals surface area contributed by atoms with Crippen LogP contribution in [0.15, 0.2) is 48.5 Å². The number of carbonyl (C=O) groups excluding carboxylic acids is 2. The number of hydrogen-bond acceptors (Lipinski definition) is 4. The van der Waals surface area contributed by atoms with E-state index in [4.69, 9.17) is 0 Å². The zero-order valence-corrected chi connectivity index (χ0v) is 22.6. The maximum absolute atomic E-state index is 14.3. The van der Waals surface area contributed by atoms with Gasteiger partial charge in [-0.25, -0.2) is 12.8 Å². The maximum Gasteiger partial charge on any atom is 0.242 e. The molecule has 0 aliphatic carbocycles. The number of benzene rings is 2. The number of nitrogens with one attached hydrogen (secondary N) is 1. The largest absolute Gasteiger partial charge is 0.354 e. The van der Waals surface area contributed by atoms with Gasteiger partial charge in [0, 0.05) is 26.1 Å². The molecule has 0 unspecified atom stereocenters. The molecule has 0 saturated heterocycles. The molecule has 0 aliphatic rings. The van der Waals surface area contributed by atoms with Gasteiger partial charge in [-0.1, -0.05) is 62.7 Å². The summed E-state index contributed by atoms with van der Waals surface area (Å²) < 4.78 is 40.0. The Balaban J connectivity index is 2.21. The molecule has 2 amide bonds. The van der Waals surface area contributed by atoms with Gasteiger partial charge < -0.3 is 10.2 Å². The molecule has 198 valence electrons. The molecule has 2 rings (SSSR count). The van der Waals surface area contributed by atoms with Crippen molar-refractivity contribution in [2.75, 3.05) is 23.7 Å². The molecule has 0 aromatic heterocycles. The lowest BCUT2D eigenvalue weighted by molar-refractivity contribution is -0.141. The van der Waals surface area contributed by atoms with Crippen LogP contribution in [0.3, 0.4) is 0 Å². The monoisotopic (exact) mass is 519 g/mol. The number of para-hydroxylation sites is 1. The first-order valence-electron chi connectivity index (χ1n) is 12.3. The van der Waals surface area contributed by atoms with Crippen LogP contribution in [0.4, 0.5) is 10.1 Å². The summed E-state index contributed by atoms with van der Waals surface area (Å²) in [6.07, 6.45) is 1.64. The molecule has 1 atom stereocenters. The Kier molecular flexibility index (Phi) is 10.9. The standard InChI is InChI=1S/C27H38FN3O4S/c1-6-24(27(33)29-18-20(2)3)30(19-22-15-13-21(4)14-16-22)26(32)12-9-17-31(36(5,34)35)25-11-8-7-10-23(25)28/h7-8,10-11,13-16,20,24H,6,9,12,17-19H2,1-5H3,(H,29,33)/t24-/m1/s1. The molecular weight excluding hydrogens is 481 g/mol. The second-order valence-electron chi connectivity index (χ2n) is 9.46. The van der Waals surface area contributed by atoms with Gasteiger partial charge in [0.15, 0.2) is 0 Å². The minimum Gasteiger partial charge on any atom is -0.354 e. The molecule has 0 spiro atoms. The van der Waals surface area contributed by atoms with Crippen molar-refractivity contribution >= 4 is 27.5 Å². The van der Waals surface area contributed by atoms with E-state index in [1.165, 1.54) is 18.2 Å². The van der Waals surface area contributed by atoms with Crippen molar-refractivity contribution in [3.63, 3.8) is 0 Å². The van der Waals surface area contributed by atoms with Crippen molar-refractivity contribution in [3.05, 3.63) is 65.5 Å². The molecule has 36 heavy (non-hydrogen) atoms. The molecule has 0 heterocycles. The number of amides is 2. The van der Waals surface area contributed by atoms with E-state index in [2.05, 4.69) is 5.32 Å². The van der Waals surface area contributed by atoms with E-state index in [1.54, 1.807) is 11.0 Å². The van der Waals surface area contributed by atoms with Crippen LogP contribution in [0.1, 0.15) is 51.2 Å². The predicted octanol–water partition coefficient (Wildman–Crippen LogP) is 4.26. The number of anilines is 1. The lowest BCUT2D eigenvalue weighted by Gasteiger charge is -2.31. The Morgan fingerprint density at radius 1 is 1.06 bits per heavy atom. The Morgan fingerprint density at radius 3 is 2.25 bits per heavy atom. The van der Waals surface area contributed by atoms with Crippen molar-refractivity contribution in [1.29, 1.82) is 0 Å². The molecule has 2 aromatic rings. The second-order valence-corrected chi connectivity index (χ2v) is 11.4. The SMILES string of the molecule is CC[C@H](C(=O)NCC(C)C)N(Cc1ccc(C)cc1)C(=O)CCCN(c1ccccc1F)S(C)(=O)=O. The van der Waals surface area contributed by atoms with Crippen LogP contribution in [-0.2, 0) is 26.2 Å². The van der Waals surface area contributed by atoms with Crippen molar-refractivity contribution in [2.45, 2.75) is 59.5 Å². The average molecular weight is 520 g/mol. The van der Waals surface area contributed by atoms with Crippen LogP contribution in [0.2, 0.25) is 0 Å². The van der Waals surface area contributed by atoms with Crippen molar-refractivity contribution in [2.24, 2.45) is 5.92 Å². The fraction of sp³-hybridized carbons (Fsp3) is 0.481. The van der Waals surface area contributed by atoms with Gasteiger partial charge in [0.25, 0.3) is 0 Å². The number of nitrogens with zero attached hydrogens (tertiary/aromatic N) is 2. The Bertz CT molecular complexity index is 1120. The van der Waals surface area contributed by atoms with Gasteiger partial charge in [-0.2, -0.15) is 0 Å². The lowest BCUT2D eigenvalue weighted by atomic mass is 10.1. The first kappa shape index (κ1) is 29.3. The van der Waals surface area contributed by atoms with E-state index in [0.717, 1.165) is 21.7 Å². The van der Waals surface area contributed by atoms with Gasteiger partial charge in [0.2, 0.25) is 21.8 Å². The van der Waals surface area contributed by atoms with E-state index in [9.17, 15) is 22.4 Å². The summed E-state index contributed by atoms with van der Waals surface area (Å²) in [4.78, 5) is 27.9. The summed E-state index contributed by atoms with van der Waals surface area (Å²) in [5.74, 6) is -0.851. The highest BCUT2D eigenvalue weighted by atomic mass is 32.2. The zero-order valence-electron chi connectivity index (χ0n) is 21.8. The predicted molar refractivity (Wildman–Crippen MR) is 141 cm³/mol. The Labute approximate surface area is 214 Å². The van der Waals surface area contributed by atoms with Crippen LogP contribution in [0.25, 0.3) is 0 Å². The first-order valence-corrected chi connectivity index (χ1v) is 14.1. The maximum atomic E-state index is 14.3. The molecule has 0 aliphatic heterocycles. The summed E-state index contributed by atoms with van der Waals surface area (Å²) in [6.45, 7) is 8.55. The van der Waals surface area contributed by atoms with Gasteiger partial charge in [0.05, 0.1) is 11.9 Å². The van der Waals surface area contributed by atoms with Crippen molar-refractivity contribution < 1.29 is 22.4 Å². The number of aryl methyl sites for hydroxylation is 1. The highest BCUT2D eigenvalue weighted by molar-refractivity contribution is 7.92. The zero-order chi connectivity index (χ0) is 26.9. The Hall–Kier alpha value is -2.94. The molecule has 0 fully saturated rings. The van der Waals surface area contributed by atoms with E-state index >= 15 is 0 Å². The molecule has 0 saturated carbocycles. The molecular formula is C27H38FN3O4S. The van der Waals surface area contributed by atoms with E-state index in [1.807, 2.05) is 52.0 Å². The summed E-state index contributed by atoms with van der Waals surface area (Å²) in [5, 5.41) is 2.92. The van der Waals surface area contributed by atoms with E-state index in [0.29, 0.717) is 13.0 Å². The highest BCUT2D eigenvalue weighted by Crippen LogP contribution is 2.22. The molecule has 1 N–H and O–H groups in total. The van der Waals surface area contributed by atoms with Gasteiger partial charge in [-0.05, 0) is 43.4 Å². The van der Waals surface area contributed by atoms with Crippen LogP contribution < -0.4 is 9.62 Å². The third kappa shape index (κ3) is 8.62.